The van der Waals surface area contributed by atoms with E-state index in [9.17, 15) is 4.79 Å². The number of rotatable bonds is 4. The largest absolute Gasteiger partial charge is 0.319 e. The van der Waals surface area contributed by atoms with E-state index < -0.39 is 5.91 Å². The number of aryl methyl sites for hydroxylation is 2. The average molecular weight is 437 g/mol. The second kappa shape index (κ2) is 8.30. The predicted molar refractivity (Wildman–Crippen MR) is 121 cm³/mol. The van der Waals surface area contributed by atoms with Gasteiger partial charge >= 0.3 is 0 Å². The van der Waals surface area contributed by atoms with Gasteiger partial charge in [0.1, 0.15) is 0 Å². The highest BCUT2D eigenvalue weighted by atomic mass is 35.5. The van der Waals surface area contributed by atoms with Gasteiger partial charge in [-0.05, 0) is 67.4 Å². The first-order chi connectivity index (χ1) is 14.4. The first-order valence-corrected chi connectivity index (χ1v) is 10.0. The van der Waals surface area contributed by atoms with Crippen molar-refractivity contribution in [2.45, 2.75) is 13.8 Å². The van der Waals surface area contributed by atoms with Gasteiger partial charge < -0.3 is 5.32 Å². The number of hydrogen-bond donors (Lipinski definition) is 1. The van der Waals surface area contributed by atoms with Gasteiger partial charge in [0.2, 0.25) is 5.82 Å². The van der Waals surface area contributed by atoms with Gasteiger partial charge in [-0.2, -0.15) is 0 Å². The van der Waals surface area contributed by atoms with Crippen molar-refractivity contribution in [1.82, 2.24) is 14.8 Å². The van der Waals surface area contributed by atoms with Crippen LogP contribution in [-0.2, 0) is 0 Å². The zero-order chi connectivity index (χ0) is 21.3. The highest BCUT2D eigenvalue weighted by molar-refractivity contribution is 6.31. The molecular formula is C23H18Cl2N4O. The van der Waals surface area contributed by atoms with Crippen LogP contribution in [0, 0.1) is 13.8 Å². The van der Waals surface area contributed by atoms with Crippen molar-refractivity contribution in [3.8, 4) is 17.1 Å². The minimum Gasteiger partial charge on any atom is -0.319 e. The summed E-state index contributed by atoms with van der Waals surface area (Å²) in [5.74, 6) is 0.142. The minimum absolute atomic E-state index is 0.0446. The molecule has 0 radical (unpaired) electrons. The average Bonchev–Trinajstić information content (AvgIpc) is 3.16. The third kappa shape index (κ3) is 4.22. The molecule has 1 aromatic heterocycles. The topological polar surface area (TPSA) is 59.8 Å². The molecule has 0 atom stereocenters. The number of nitrogens with one attached hydrogen (secondary N) is 1. The number of aromatic nitrogens is 3. The first-order valence-electron chi connectivity index (χ1n) is 9.28. The van der Waals surface area contributed by atoms with Crippen molar-refractivity contribution in [3.63, 3.8) is 0 Å². The number of amides is 1. The van der Waals surface area contributed by atoms with Crippen LogP contribution in [-0.4, -0.2) is 20.7 Å². The van der Waals surface area contributed by atoms with Crippen LogP contribution in [0.3, 0.4) is 0 Å². The summed E-state index contributed by atoms with van der Waals surface area (Å²) in [5.41, 5.74) is 4.42. The molecule has 5 nitrogen and oxygen atoms in total. The van der Waals surface area contributed by atoms with Gasteiger partial charge in [-0.3, -0.25) is 4.79 Å². The van der Waals surface area contributed by atoms with Crippen molar-refractivity contribution in [3.05, 3.63) is 93.7 Å². The quantitative estimate of drug-likeness (QED) is 0.419. The van der Waals surface area contributed by atoms with Crippen LogP contribution in [0.5, 0.6) is 0 Å². The molecule has 0 saturated carbocycles. The standard InChI is InChI=1S/C23H18Cl2N4O/c1-14-9-10-20(11-15(14)2)29-22(16-5-3-6-17(24)12-16)27-21(28-29)23(30)26-19-8-4-7-18(25)13-19/h3-13H,1-2H3,(H,26,30). The summed E-state index contributed by atoms with van der Waals surface area (Å²) in [6, 6.07) is 20.2. The van der Waals surface area contributed by atoms with Crippen LogP contribution in [0.1, 0.15) is 21.7 Å². The molecule has 0 spiro atoms. The molecule has 0 aliphatic heterocycles. The molecule has 30 heavy (non-hydrogen) atoms. The molecule has 0 unspecified atom stereocenters. The van der Waals surface area contributed by atoms with E-state index in [1.165, 1.54) is 5.56 Å². The fourth-order valence-electron chi connectivity index (χ4n) is 3.01. The minimum atomic E-state index is -0.428. The molecule has 0 fully saturated rings. The summed E-state index contributed by atoms with van der Waals surface area (Å²) < 4.78 is 1.66. The van der Waals surface area contributed by atoms with Crippen molar-refractivity contribution in [2.75, 3.05) is 5.32 Å². The van der Waals surface area contributed by atoms with Crippen molar-refractivity contribution < 1.29 is 4.79 Å². The molecule has 4 aromatic rings. The van der Waals surface area contributed by atoms with E-state index >= 15 is 0 Å². The molecule has 0 aliphatic carbocycles. The second-order valence-corrected chi connectivity index (χ2v) is 7.79. The third-order valence-electron chi connectivity index (χ3n) is 4.71. The zero-order valence-corrected chi connectivity index (χ0v) is 17.9. The fraction of sp³-hybridized carbons (Fsp3) is 0.0870. The number of anilines is 1. The third-order valence-corrected chi connectivity index (χ3v) is 5.18. The van der Waals surface area contributed by atoms with Gasteiger partial charge in [0.25, 0.3) is 5.91 Å². The normalized spacial score (nSPS) is 10.8. The maximum atomic E-state index is 12.8. The molecule has 0 bridgehead atoms. The number of nitrogens with zero attached hydrogens (tertiary/aromatic N) is 3. The van der Waals surface area contributed by atoms with E-state index in [0.717, 1.165) is 16.8 Å². The molecule has 1 heterocycles. The van der Waals surface area contributed by atoms with E-state index in [4.69, 9.17) is 23.2 Å². The molecule has 0 saturated heterocycles. The molecule has 3 aromatic carbocycles. The second-order valence-electron chi connectivity index (χ2n) is 6.91. The first kappa shape index (κ1) is 20.1. The van der Waals surface area contributed by atoms with Crippen LogP contribution in [0.15, 0.2) is 66.7 Å². The molecule has 1 N–H and O–H groups in total. The number of carbonyl (C=O) groups excluding carboxylic acids is 1. The monoisotopic (exact) mass is 436 g/mol. The van der Waals surface area contributed by atoms with E-state index in [2.05, 4.69) is 15.4 Å². The van der Waals surface area contributed by atoms with Crippen LogP contribution >= 0.6 is 23.2 Å². The Bertz CT molecular complexity index is 1250. The molecule has 0 aliphatic rings. The Morgan fingerprint density at radius 2 is 1.63 bits per heavy atom. The lowest BCUT2D eigenvalue weighted by atomic mass is 10.1. The lowest BCUT2D eigenvalue weighted by molar-refractivity contribution is 0.101. The lowest BCUT2D eigenvalue weighted by Gasteiger charge is -2.08. The molecule has 150 valence electrons. The Hall–Kier alpha value is -3.15. The van der Waals surface area contributed by atoms with E-state index in [1.807, 2.05) is 44.2 Å². The molecular weight excluding hydrogens is 419 g/mol. The number of carbonyl (C=O) groups is 1. The van der Waals surface area contributed by atoms with E-state index in [1.54, 1.807) is 41.1 Å². The summed E-state index contributed by atoms with van der Waals surface area (Å²) in [4.78, 5) is 17.3. The van der Waals surface area contributed by atoms with Gasteiger partial charge in [-0.15, -0.1) is 5.10 Å². The van der Waals surface area contributed by atoms with E-state index in [0.29, 0.717) is 21.6 Å². The molecule has 1 amide bonds. The molecule has 4 rings (SSSR count). The van der Waals surface area contributed by atoms with Gasteiger partial charge in [0, 0.05) is 21.3 Å². The van der Waals surface area contributed by atoms with Gasteiger partial charge in [-0.1, -0.05) is 47.5 Å². The van der Waals surface area contributed by atoms with Gasteiger partial charge in [0.05, 0.1) is 5.69 Å². The summed E-state index contributed by atoms with van der Waals surface area (Å²) in [7, 11) is 0. The predicted octanol–water partition coefficient (Wildman–Crippen LogP) is 6.11. The Morgan fingerprint density at radius 3 is 2.33 bits per heavy atom. The van der Waals surface area contributed by atoms with Gasteiger partial charge in [-0.25, -0.2) is 9.67 Å². The summed E-state index contributed by atoms with van der Waals surface area (Å²) in [6.07, 6.45) is 0. The van der Waals surface area contributed by atoms with Crippen LogP contribution in [0.2, 0.25) is 10.0 Å². The maximum absolute atomic E-state index is 12.8. The SMILES string of the molecule is Cc1ccc(-n2nc(C(=O)Nc3cccc(Cl)c3)nc2-c2cccc(Cl)c2)cc1C. The lowest BCUT2D eigenvalue weighted by Crippen LogP contribution is -2.14. The number of hydrogen-bond acceptors (Lipinski definition) is 3. The Morgan fingerprint density at radius 1 is 0.900 bits per heavy atom. The highest BCUT2D eigenvalue weighted by Gasteiger charge is 2.19. The number of benzene rings is 3. The summed E-state index contributed by atoms with van der Waals surface area (Å²) >= 11 is 12.2. The van der Waals surface area contributed by atoms with Crippen molar-refractivity contribution >= 4 is 34.8 Å². The fourth-order valence-corrected chi connectivity index (χ4v) is 3.39. The summed E-state index contributed by atoms with van der Waals surface area (Å²) in [6.45, 7) is 4.07. The van der Waals surface area contributed by atoms with Crippen LogP contribution in [0.4, 0.5) is 5.69 Å². The zero-order valence-electron chi connectivity index (χ0n) is 16.4. The Balaban J connectivity index is 1.79. The Labute approximate surface area is 184 Å². The maximum Gasteiger partial charge on any atom is 0.295 e. The van der Waals surface area contributed by atoms with Crippen molar-refractivity contribution in [2.24, 2.45) is 0 Å². The van der Waals surface area contributed by atoms with Crippen LogP contribution in [0.25, 0.3) is 17.1 Å². The number of halogens is 2. The van der Waals surface area contributed by atoms with Gasteiger partial charge in [0.15, 0.2) is 5.82 Å². The molecule has 7 heteroatoms. The van der Waals surface area contributed by atoms with E-state index in [-0.39, 0.29) is 5.82 Å². The summed E-state index contributed by atoms with van der Waals surface area (Å²) in [5, 5.41) is 8.38. The smallest absolute Gasteiger partial charge is 0.295 e. The van der Waals surface area contributed by atoms with Crippen molar-refractivity contribution in [1.29, 1.82) is 0 Å². The Kier molecular flexibility index (Phi) is 5.57. The highest BCUT2D eigenvalue weighted by Crippen LogP contribution is 2.25. The van der Waals surface area contributed by atoms with Crippen LogP contribution < -0.4 is 5.32 Å².